The molecule has 0 bridgehead atoms. The van der Waals surface area contributed by atoms with Gasteiger partial charge in [-0.1, -0.05) is 54.6 Å². The van der Waals surface area contributed by atoms with Crippen LogP contribution in [0.5, 0.6) is 0 Å². The van der Waals surface area contributed by atoms with Gasteiger partial charge in [0, 0.05) is 10.4 Å². The number of hydrogen-bond donors (Lipinski definition) is 0. The van der Waals surface area contributed by atoms with Crippen LogP contribution in [-0.2, 0) is 4.79 Å². The first-order valence-corrected chi connectivity index (χ1v) is 8.50. The standard InChI is InChI=1S/C20H14N2OS/c23-20-18(14-17-12-7-13-24-17)21-19(15-8-3-1-4-9-15)22(20)16-10-5-2-6-11-16/h1-14H/b18-14+. The summed E-state index contributed by atoms with van der Waals surface area (Å²) in [5.74, 6) is 0.558. The molecule has 0 aliphatic carbocycles. The number of amidine groups is 1. The van der Waals surface area contributed by atoms with Crippen molar-refractivity contribution in [3.05, 3.63) is 94.3 Å². The van der Waals surface area contributed by atoms with Gasteiger partial charge in [0.1, 0.15) is 11.5 Å². The van der Waals surface area contributed by atoms with Crippen molar-refractivity contribution < 1.29 is 4.79 Å². The summed E-state index contributed by atoms with van der Waals surface area (Å²) in [6.07, 6.45) is 1.85. The molecule has 4 heteroatoms. The molecule has 0 atom stereocenters. The van der Waals surface area contributed by atoms with Gasteiger partial charge in [0.2, 0.25) is 0 Å². The SMILES string of the molecule is O=C1/C(=C\c2cccs2)N=C(c2ccccc2)N1c1ccccc1. The molecule has 0 N–H and O–H groups in total. The highest BCUT2D eigenvalue weighted by atomic mass is 32.1. The Balaban J connectivity index is 1.83. The third kappa shape index (κ3) is 2.68. The number of thiophene rings is 1. The Bertz CT molecular complexity index is 913. The maximum atomic E-state index is 13.0. The Morgan fingerprint density at radius 3 is 2.25 bits per heavy atom. The number of aliphatic imine (C=N–C) groups is 1. The first-order valence-electron chi connectivity index (χ1n) is 7.62. The summed E-state index contributed by atoms with van der Waals surface area (Å²) >= 11 is 1.59. The first-order chi connectivity index (χ1) is 11.8. The van der Waals surface area contributed by atoms with E-state index in [2.05, 4.69) is 4.99 Å². The molecule has 0 fully saturated rings. The fraction of sp³-hybridized carbons (Fsp3) is 0. The van der Waals surface area contributed by atoms with Crippen LogP contribution in [-0.4, -0.2) is 11.7 Å². The highest BCUT2D eigenvalue weighted by molar-refractivity contribution is 7.10. The second-order valence-corrected chi connectivity index (χ2v) is 6.30. The second kappa shape index (κ2) is 6.26. The Morgan fingerprint density at radius 2 is 1.58 bits per heavy atom. The van der Waals surface area contributed by atoms with Crippen LogP contribution in [0.2, 0.25) is 0 Å². The van der Waals surface area contributed by atoms with Crippen molar-refractivity contribution in [3.8, 4) is 0 Å². The predicted molar refractivity (Wildman–Crippen MR) is 99.2 cm³/mol. The highest BCUT2D eigenvalue weighted by Gasteiger charge is 2.32. The van der Waals surface area contributed by atoms with E-state index in [9.17, 15) is 4.79 Å². The van der Waals surface area contributed by atoms with Crippen LogP contribution in [0.25, 0.3) is 6.08 Å². The molecule has 0 unspecified atom stereocenters. The summed E-state index contributed by atoms with van der Waals surface area (Å²) in [5.41, 5.74) is 2.20. The van der Waals surface area contributed by atoms with Gasteiger partial charge in [0.15, 0.2) is 0 Å². The zero-order valence-electron chi connectivity index (χ0n) is 12.8. The lowest BCUT2D eigenvalue weighted by molar-refractivity contribution is -0.113. The Kier molecular flexibility index (Phi) is 3.81. The van der Waals surface area contributed by atoms with E-state index in [0.29, 0.717) is 11.5 Å². The van der Waals surface area contributed by atoms with Gasteiger partial charge in [-0.15, -0.1) is 11.3 Å². The second-order valence-electron chi connectivity index (χ2n) is 5.32. The van der Waals surface area contributed by atoms with Crippen LogP contribution in [0.4, 0.5) is 5.69 Å². The summed E-state index contributed by atoms with van der Waals surface area (Å²) in [5, 5.41) is 1.99. The van der Waals surface area contributed by atoms with Gasteiger partial charge in [0.05, 0.1) is 5.69 Å². The summed E-state index contributed by atoms with van der Waals surface area (Å²) in [7, 11) is 0. The number of anilines is 1. The molecule has 0 saturated heterocycles. The van der Waals surface area contributed by atoms with Crippen molar-refractivity contribution in [2.45, 2.75) is 0 Å². The fourth-order valence-electron chi connectivity index (χ4n) is 2.62. The normalized spacial score (nSPS) is 15.8. The monoisotopic (exact) mass is 330 g/mol. The van der Waals surface area contributed by atoms with E-state index in [-0.39, 0.29) is 5.91 Å². The largest absolute Gasteiger partial charge is 0.282 e. The summed E-state index contributed by atoms with van der Waals surface area (Å²) in [6.45, 7) is 0. The van der Waals surface area contributed by atoms with Crippen LogP contribution in [0.1, 0.15) is 10.4 Å². The quantitative estimate of drug-likeness (QED) is 0.647. The number of amides is 1. The van der Waals surface area contributed by atoms with E-state index >= 15 is 0 Å². The molecule has 3 aromatic rings. The minimum atomic E-state index is -0.103. The molecule has 3 nitrogen and oxygen atoms in total. The highest BCUT2D eigenvalue weighted by Crippen LogP contribution is 2.28. The number of benzene rings is 2. The number of para-hydroxylation sites is 1. The maximum Gasteiger partial charge on any atom is 0.282 e. The van der Waals surface area contributed by atoms with Crippen LogP contribution in [0.15, 0.2) is 88.9 Å². The lowest BCUT2D eigenvalue weighted by atomic mass is 10.2. The van der Waals surface area contributed by atoms with Crippen molar-refractivity contribution in [3.63, 3.8) is 0 Å². The van der Waals surface area contributed by atoms with Crippen molar-refractivity contribution in [2.75, 3.05) is 4.90 Å². The van der Waals surface area contributed by atoms with Crippen LogP contribution >= 0.6 is 11.3 Å². The average molecular weight is 330 g/mol. The van der Waals surface area contributed by atoms with Crippen LogP contribution in [0.3, 0.4) is 0 Å². The van der Waals surface area contributed by atoms with E-state index in [1.807, 2.05) is 84.3 Å². The molecule has 1 aliphatic heterocycles. The van der Waals surface area contributed by atoms with Gasteiger partial charge < -0.3 is 0 Å². The molecule has 1 aromatic heterocycles. The smallest absolute Gasteiger partial charge is 0.266 e. The van der Waals surface area contributed by atoms with E-state index in [1.165, 1.54) is 0 Å². The van der Waals surface area contributed by atoms with E-state index in [1.54, 1.807) is 16.2 Å². The van der Waals surface area contributed by atoms with Crippen LogP contribution < -0.4 is 4.90 Å². The molecule has 0 spiro atoms. The molecule has 0 saturated carbocycles. The van der Waals surface area contributed by atoms with Crippen LogP contribution in [0, 0.1) is 0 Å². The summed E-state index contributed by atoms with van der Waals surface area (Å²) in [4.78, 5) is 20.3. The molecular weight excluding hydrogens is 316 g/mol. The van der Waals surface area contributed by atoms with Crippen molar-refractivity contribution in [1.82, 2.24) is 0 Å². The zero-order valence-corrected chi connectivity index (χ0v) is 13.6. The van der Waals surface area contributed by atoms with Gasteiger partial charge in [-0.2, -0.15) is 0 Å². The lowest BCUT2D eigenvalue weighted by Gasteiger charge is -2.18. The molecule has 2 aromatic carbocycles. The number of carbonyl (C=O) groups excluding carboxylic acids is 1. The van der Waals surface area contributed by atoms with E-state index in [4.69, 9.17) is 0 Å². The van der Waals surface area contributed by atoms with Gasteiger partial charge in [-0.25, -0.2) is 4.99 Å². The van der Waals surface area contributed by atoms with Gasteiger partial charge >= 0.3 is 0 Å². The summed E-state index contributed by atoms with van der Waals surface area (Å²) in [6, 6.07) is 23.4. The van der Waals surface area contributed by atoms with Gasteiger partial charge in [0.25, 0.3) is 5.91 Å². The van der Waals surface area contributed by atoms with Crippen molar-refractivity contribution >= 4 is 34.8 Å². The zero-order chi connectivity index (χ0) is 16.4. The van der Waals surface area contributed by atoms with Gasteiger partial charge in [-0.05, 0) is 29.7 Å². The Morgan fingerprint density at radius 1 is 0.875 bits per heavy atom. The number of hydrogen-bond acceptors (Lipinski definition) is 3. The molecule has 116 valence electrons. The predicted octanol–water partition coefficient (Wildman–Crippen LogP) is 4.58. The minimum Gasteiger partial charge on any atom is -0.266 e. The molecular formula is C20H14N2OS. The van der Waals surface area contributed by atoms with E-state index in [0.717, 1.165) is 16.1 Å². The molecule has 4 rings (SSSR count). The first kappa shape index (κ1) is 14.6. The van der Waals surface area contributed by atoms with Gasteiger partial charge in [-0.3, -0.25) is 9.69 Å². The molecule has 0 radical (unpaired) electrons. The number of nitrogens with zero attached hydrogens (tertiary/aromatic N) is 2. The van der Waals surface area contributed by atoms with E-state index < -0.39 is 0 Å². The minimum absolute atomic E-state index is 0.103. The topological polar surface area (TPSA) is 32.7 Å². The fourth-order valence-corrected chi connectivity index (χ4v) is 3.27. The third-order valence-electron chi connectivity index (χ3n) is 3.73. The Labute approximate surface area is 144 Å². The molecule has 2 heterocycles. The Hall–Kier alpha value is -2.98. The molecule has 1 amide bonds. The number of rotatable bonds is 3. The maximum absolute atomic E-state index is 13.0. The number of carbonyl (C=O) groups is 1. The lowest BCUT2D eigenvalue weighted by Crippen LogP contribution is -2.32. The third-order valence-corrected chi connectivity index (χ3v) is 4.55. The molecule has 24 heavy (non-hydrogen) atoms. The summed E-state index contributed by atoms with van der Waals surface area (Å²) < 4.78 is 0. The molecule has 1 aliphatic rings. The average Bonchev–Trinajstić information content (AvgIpc) is 3.25. The van der Waals surface area contributed by atoms with Crippen molar-refractivity contribution in [2.24, 2.45) is 4.99 Å². The van der Waals surface area contributed by atoms with Crippen molar-refractivity contribution in [1.29, 1.82) is 0 Å².